The van der Waals surface area contributed by atoms with Crippen LogP contribution in [-0.4, -0.2) is 61.3 Å². The first kappa shape index (κ1) is 14.5. The van der Waals surface area contributed by atoms with Crippen molar-refractivity contribution in [3.05, 3.63) is 12.0 Å². The van der Waals surface area contributed by atoms with E-state index in [1.165, 1.54) is 10.5 Å². The molecule has 0 bridgehead atoms. The van der Waals surface area contributed by atoms with Crippen LogP contribution in [-0.2, 0) is 16.4 Å². The number of rotatable bonds is 5. The number of aryl methyl sites for hydroxylation is 1. The molecule has 0 spiro atoms. The highest BCUT2D eigenvalue weighted by Gasteiger charge is 2.28. The molecule has 1 fully saturated rings. The average Bonchev–Trinajstić information content (AvgIpc) is 2.98. The Morgan fingerprint density at radius 2 is 2.32 bits per heavy atom. The molecule has 7 heteroatoms. The van der Waals surface area contributed by atoms with Crippen LogP contribution in [0.3, 0.4) is 0 Å². The number of nitrogens with one attached hydrogen (secondary N) is 1. The summed E-state index contributed by atoms with van der Waals surface area (Å²) >= 11 is 0. The van der Waals surface area contributed by atoms with E-state index >= 15 is 0 Å². The Kier molecular flexibility index (Phi) is 4.27. The molecule has 0 radical (unpaired) electrons. The number of likely N-dealkylation sites (tertiary alicyclic amines) is 1. The molecular weight excluding hydrogens is 264 g/mol. The highest BCUT2D eigenvalue weighted by molar-refractivity contribution is 7.89. The largest absolute Gasteiger partial charge is 0.332 e. The highest BCUT2D eigenvalue weighted by Crippen LogP contribution is 2.19. The number of sulfonamides is 1. The van der Waals surface area contributed by atoms with E-state index in [2.05, 4.69) is 21.9 Å². The number of hydrogen-bond acceptors (Lipinski definition) is 4. The standard InChI is InChI=1S/C12H22N4O2S/c1-4-11-13-7-12(14-11)19(17,18)16(3)9-10-5-6-15(2)8-10/h7,10H,4-6,8-9H2,1-3H3,(H,13,14). The van der Waals surface area contributed by atoms with Crippen LogP contribution in [0.5, 0.6) is 0 Å². The van der Waals surface area contributed by atoms with Crippen molar-refractivity contribution >= 4 is 10.0 Å². The maximum absolute atomic E-state index is 12.4. The third-order valence-corrected chi connectivity index (χ3v) is 5.37. The Balaban J connectivity index is 2.06. The zero-order valence-corrected chi connectivity index (χ0v) is 12.6. The van der Waals surface area contributed by atoms with Gasteiger partial charge in [-0.05, 0) is 25.9 Å². The molecule has 1 aromatic heterocycles. The third kappa shape index (κ3) is 3.16. The topological polar surface area (TPSA) is 69.3 Å². The van der Waals surface area contributed by atoms with Crippen LogP contribution in [0, 0.1) is 5.92 Å². The van der Waals surface area contributed by atoms with Gasteiger partial charge in [-0.2, -0.15) is 4.31 Å². The van der Waals surface area contributed by atoms with Crippen molar-refractivity contribution in [3.8, 4) is 0 Å². The van der Waals surface area contributed by atoms with Gasteiger partial charge in [-0.3, -0.25) is 0 Å². The molecular formula is C12H22N4O2S. The summed E-state index contributed by atoms with van der Waals surface area (Å²) in [4.78, 5) is 9.16. The summed E-state index contributed by atoms with van der Waals surface area (Å²) < 4.78 is 26.2. The van der Waals surface area contributed by atoms with Crippen LogP contribution < -0.4 is 0 Å². The minimum absolute atomic E-state index is 0.193. The number of imidazole rings is 1. The van der Waals surface area contributed by atoms with Crippen molar-refractivity contribution < 1.29 is 8.42 Å². The molecule has 1 unspecified atom stereocenters. The van der Waals surface area contributed by atoms with Gasteiger partial charge in [-0.25, -0.2) is 13.4 Å². The van der Waals surface area contributed by atoms with Gasteiger partial charge in [-0.15, -0.1) is 0 Å². The lowest BCUT2D eigenvalue weighted by Gasteiger charge is -2.19. The van der Waals surface area contributed by atoms with Gasteiger partial charge in [0.1, 0.15) is 5.82 Å². The van der Waals surface area contributed by atoms with E-state index in [9.17, 15) is 8.42 Å². The highest BCUT2D eigenvalue weighted by atomic mass is 32.2. The first-order chi connectivity index (χ1) is 8.93. The summed E-state index contributed by atoms with van der Waals surface area (Å²) in [7, 11) is 0.269. The smallest absolute Gasteiger partial charge is 0.259 e. The molecule has 2 rings (SSSR count). The van der Waals surface area contributed by atoms with E-state index in [4.69, 9.17) is 0 Å². The quantitative estimate of drug-likeness (QED) is 0.858. The first-order valence-corrected chi connectivity index (χ1v) is 8.06. The van der Waals surface area contributed by atoms with Gasteiger partial charge in [0.15, 0.2) is 5.03 Å². The fraction of sp³-hybridized carbons (Fsp3) is 0.750. The van der Waals surface area contributed by atoms with Crippen molar-refractivity contribution in [2.45, 2.75) is 24.8 Å². The van der Waals surface area contributed by atoms with Gasteiger partial charge in [0.2, 0.25) is 0 Å². The monoisotopic (exact) mass is 286 g/mol. The third-order valence-electron chi connectivity index (χ3n) is 3.63. The molecule has 0 saturated carbocycles. The number of H-pyrrole nitrogens is 1. The van der Waals surface area contributed by atoms with Crippen LogP contribution in [0.25, 0.3) is 0 Å². The van der Waals surface area contributed by atoms with E-state index in [1.807, 2.05) is 6.92 Å². The second kappa shape index (κ2) is 5.60. The first-order valence-electron chi connectivity index (χ1n) is 6.62. The summed E-state index contributed by atoms with van der Waals surface area (Å²) in [6.07, 6.45) is 3.16. The van der Waals surface area contributed by atoms with Gasteiger partial charge < -0.3 is 9.88 Å². The molecule has 1 N–H and O–H groups in total. The van der Waals surface area contributed by atoms with Gasteiger partial charge in [0.05, 0.1) is 6.20 Å². The number of hydrogen-bond donors (Lipinski definition) is 1. The lowest BCUT2D eigenvalue weighted by molar-refractivity contribution is 0.356. The van der Waals surface area contributed by atoms with E-state index in [0.29, 0.717) is 24.7 Å². The maximum Gasteiger partial charge on any atom is 0.259 e. The zero-order chi connectivity index (χ0) is 14.0. The van der Waals surface area contributed by atoms with Crippen molar-refractivity contribution in [3.63, 3.8) is 0 Å². The summed E-state index contributed by atoms with van der Waals surface area (Å²) in [5.74, 6) is 1.12. The number of aromatic amines is 1. The molecule has 6 nitrogen and oxygen atoms in total. The number of aromatic nitrogens is 2. The van der Waals surface area contributed by atoms with Crippen LogP contribution in [0.2, 0.25) is 0 Å². The lowest BCUT2D eigenvalue weighted by atomic mass is 10.1. The molecule has 0 aromatic carbocycles. The Labute approximate surface area is 114 Å². The van der Waals surface area contributed by atoms with Crippen molar-refractivity contribution in [1.29, 1.82) is 0 Å². The van der Waals surface area contributed by atoms with Crippen LogP contribution in [0.4, 0.5) is 0 Å². The molecule has 0 amide bonds. The Morgan fingerprint density at radius 3 is 2.84 bits per heavy atom. The lowest BCUT2D eigenvalue weighted by Crippen LogP contribution is -2.33. The van der Waals surface area contributed by atoms with Crippen LogP contribution >= 0.6 is 0 Å². The second-order valence-electron chi connectivity index (χ2n) is 5.25. The molecule has 1 saturated heterocycles. The maximum atomic E-state index is 12.4. The molecule has 0 aliphatic carbocycles. The minimum atomic E-state index is -3.44. The zero-order valence-electron chi connectivity index (χ0n) is 11.8. The predicted molar refractivity (Wildman–Crippen MR) is 73.4 cm³/mol. The van der Waals surface area contributed by atoms with E-state index in [0.717, 1.165) is 19.5 Å². The summed E-state index contributed by atoms with van der Waals surface area (Å²) in [5, 5.41) is 0.193. The van der Waals surface area contributed by atoms with E-state index < -0.39 is 10.0 Å². The molecule has 1 atom stereocenters. The van der Waals surface area contributed by atoms with Gasteiger partial charge in [0, 0.05) is 26.6 Å². The fourth-order valence-corrected chi connectivity index (χ4v) is 3.63. The normalized spacial score (nSPS) is 21.4. The molecule has 1 aliphatic heterocycles. The van der Waals surface area contributed by atoms with Gasteiger partial charge >= 0.3 is 0 Å². The molecule has 108 valence electrons. The van der Waals surface area contributed by atoms with Crippen molar-refractivity contribution in [1.82, 2.24) is 19.2 Å². The molecule has 2 heterocycles. The van der Waals surface area contributed by atoms with Crippen LogP contribution in [0.1, 0.15) is 19.2 Å². The Morgan fingerprint density at radius 1 is 1.58 bits per heavy atom. The van der Waals surface area contributed by atoms with Crippen molar-refractivity contribution in [2.24, 2.45) is 5.92 Å². The summed E-state index contributed by atoms with van der Waals surface area (Å²) in [6, 6.07) is 0. The van der Waals surface area contributed by atoms with E-state index in [-0.39, 0.29) is 5.03 Å². The second-order valence-corrected chi connectivity index (χ2v) is 7.26. The van der Waals surface area contributed by atoms with E-state index in [1.54, 1.807) is 7.05 Å². The SMILES string of the molecule is CCc1ncc(S(=O)(=O)N(C)CC2CCN(C)C2)[nH]1. The van der Waals surface area contributed by atoms with Gasteiger partial charge in [-0.1, -0.05) is 6.92 Å². The molecule has 1 aliphatic rings. The predicted octanol–water partition coefficient (Wildman–Crippen LogP) is 0.544. The minimum Gasteiger partial charge on any atom is -0.332 e. The summed E-state index contributed by atoms with van der Waals surface area (Å²) in [5.41, 5.74) is 0. The Bertz CT molecular complexity index is 526. The number of nitrogens with zero attached hydrogens (tertiary/aromatic N) is 3. The summed E-state index contributed by atoms with van der Waals surface area (Å²) in [6.45, 7) is 4.51. The average molecular weight is 286 g/mol. The Hall–Kier alpha value is -0.920. The van der Waals surface area contributed by atoms with Gasteiger partial charge in [0.25, 0.3) is 10.0 Å². The van der Waals surface area contributed by atoms with Crippen LogP contribution in [0.15, 0.2) is 11.2 Å². The van der Waals surface area contributed by atoms with Crippen molar-refractivity contribution in [2.75, 3.05) is 33.7 Å². The molecule has 19 heavy (non-hydrogen) atoms. The molecule has 1 aromatic rings. The fourth-order valence-electron chi connectivity index (χ4n) is 2.46.